The lowest BCUT2D eigenvalue weighted by molar-refractivity contribution is 0.440. The molecular weight excluding hydrogens is 470 g/mol. The van der Waals surface area contributed by atoms with E-state index in [4.69, 9.17) is 26.4 Å². The van der Waals surface area contributed by atoms with Gasteiger partial charge in [0.25, 0.3) is 0 Å². The highest BCUT2D eigenvalue weighted by Gasteiger charge is 2.20. The van der Waals surface area contributed by atoms with E-state index >= 15 is 0 Å². The van der Waals surface area contributed by atoms with Crippen molar-refractivity contribution in [2.45, 2.75) is 26.3 Å². The number of hydrogen-bond acceptors (Lipinski definition) is 6. The molecule has 5 rings (SSSR count). The van der Waals surface area contributed by atoms with Crippen LogP contribution in [-0.4, -0.2) is 28.2 Å². The number of aromatic nitrogens is 2. The van der Waals surface area contributed by atoms with Gasteiger partial charge in [0.15, 0.2) is 5.11 Å². The van der Waals surface area contributed by atoms with Crippen molar-refractivity contribution in [3.63, 3.8) is 0 Å². The SMILES string of the molecule is C[C@@H]1CCCN(c2cc(Oc3ccccc3)nc(NC(=S)NCc3ccc(-c4ccccc4)o3)n2)C1. The number of ether oxygens (including phenoxy) is 1. The minimum Gasteiger partial charge on any atom is -0.459 e. The second-order valence-electron chi connectivity index (χ2n) is 8.94. The Morgan fingerprint density at radius 2 is 1.83 bits per heavy atom. The number of hydrogen-bond donors (Lipinski definition) is 2. The molecule has 1 fully saturated rings. The molecule has 4 aromatic rings. The number of anilines is 2. The van der Waals surface area contributed by atoms with Crippen LogP contribution in [0, 0.1) is 5.92 Å². The Kier molecular flexibility index (Phi) is 7.42. The first-order chi connectivity index (χ1) is 17.6. The summed E-state index contributed by atoms with van der Waals surface area (Å²) in [6.07, 6.45) is 2.36. The summed E-state index contributed by atoms with van der Waals surface area (Å²) < 4.78 is 12.0. The zero-order valence-electron chi connectivity index (χ0n) is 20.2. The lowest BCUT2D eigenvalue weighted by Gasteiger charge is -2.32. The van der Waals surface area contributed by atoms with Crippen molar-refractivity contribution in [2.24, 2.45) is 5.92 Å². The highest BCUT2D eigenvalue weighted by molar-refractivity contribution is 7.80. The topological polar surface area (TPSA) is 75.5 Å². The molecule has 1 atom stereocenters. The molecule has 0 radical (unpaired) electrons. The number of furan rings is 1. The van der Waals surface area contributed by atoms with Crippen LogP contribution in [0.3, 0.4) is 0 Å². The highest BCUT2D eigenvalue weighted by atomic mass is 32.1. The van der Waals surface area contributed by atoms with Crippen molar-refractivity contribution < 1.29 is 9.15 Å². The summed E-state index contributed by atoms with van der Waals surface area (Å²) in [6, 6.07) is 25.4. The molecule has 0 saturated carbocycles. The summed E-state index contributed by atoms with van der Waals surface area (Å²) in [5.41, 5.74) is 1.03. The molecule has 0 bridgehead atoms. The van der Waals surface area contributed by atoms with Crippen LogP contribution in [0.2, 0.25) is 0 Å². The zero-order chi connectivity index (χ0) is 24.7. The van der Waals surface area contributed by atoms with E-state index in [0.717, 1.165) is 42.4 Å². The first-order valence-corrected chi connectivity index (χ1v) is 12.6. The average molecular weight is 500 g/mol. The van der Waals surface area contributed by atoms with Gasteiger partial charge in [-0.15, -0.1) is 0 Å². The van der Waals surface area contributed by atoms with Crippen molar-refractivity contribution in [2.75, 3.05) is 23.3 Å². The first-order valence-electron chi connectivity index (χ1n) is 12.2. The van der Waals surface area contributed by atoms with E-state index in [1.807, 2.05) is 78.9 Å². The first kappa shape index (κ1) is 23.8. The van der Waals surface area contributed by atoms with E-state index < -0.39 is 0 Å². The number of nitrogens with one attached hydrogen (secondary N) is 2. The molecule has 1 aliphatic heterocycles. The molecular formula is C28H29N5O2S. The van der Waals surface area contributed by atoms with Gasteiger partial charge in [-0.1, -0.05) is 55.5 Å². The minimum atomic E-state index is 0.388. The predicted molar refractivity (Wildman–Crippen MR) is 146 cm³/mol. The predicted octanol–water partition coefficient (Wildman–Crippen LogP) is 6.25. The second kappa shape index (κ2) is 11.2. The molecule has 1 aliphatic rings. The van der Waals surface area contributed by atoms with Gasteiger partial charge in [-0.2, -0.15) is 9.97 Å². The maximum Gasteiger partial charge on any atom is 0.234 e. The van der Waals surface area contributed by atoms with E-state index in [9.17, 15) is 0 Å². The normalized spacial score (nSPS) is 15.4. The zero-order valence-corrected chi connectivity index (χ0v) is 21.0. The van der Waals surface area contributed by atoms with Gasteiger partial charge in [-0.3, -0.25) is 0 Å². The number of thiocarbonyl (C=S) groups is 1. The fourth-order valence-corrected chi connectivity index (χ4v) is 4.40. The van der Waals surface area contributed by atoms with Gasteiger partial charge < -0.3 is 24.7 Å². The molecule has 184 valence electrons. The molecule has 0 aliphatic carbocycles. The van der Waals surface area contributed by atoms with Gasteiger partial charge in [0.05, 0.1) is 6.54 Å². The molecule has 8 heteroatoms. The number of rotatable bonds is 7. The minimum absolute atomic E-state index is 0.388. The van der Waals surface area contributed by atoms with Crippen molar-refractivity contribution in [3.05, 3.63) is 84.6 Å². The van der Waals surface area contributed by atoms with Crippen molar-refractivity contribution in [1.82, 2.24) is 15.3 Å². The third kappa shape index (κ3) is 6.20. The molecule has 3 heterocycles. The smallest absolute Gasteiger partial charge is 0.234 e. The van der Waals surface area contributed by atoms with Crippen LogP contribution in [-0.2, 0) is 6.54 Å². The lowest BCUT2D eigenvalue weighted by atomic mass is 10.0. The third-order valence-electron chi connectivity index (χ3n) is 6.00. The van der Waals surface area contributed by atoms with Gasteiger partial charge in [0, 0.05) is 24.7 Å². The van der Waals surface area contributed by atoms with Crippen LogP contribution in [0.5, 0.6) is 11.6 Å². The Morgan fingerprint density at radius 1 is 1.06 bits per heavy atom. The fourth-order valence-electron chi connectivity index (χ4n) is 4.23. The third-order valence-corrected chi connectivity index (χ3v) is 6.25. The van der Waals surface area contributed by atoms with E-state index in [-0.39, 0.29) is 0 Å². The van der Waals surface area contributed by atoms with Crippen molar-refractivity contribution in [1.29, 1.82) is 0 Å². The van der Waals surface area contributed by atoms with Gasteiger partial charge in [-0.05, 0) is 55.2 Å². The monoisotopic (exact) mass is 499 g/mol. The summed E-state index contributed by atoms with van der Waals surface area (Å²) in [5, 5.41) is 6.70. The Labute approximate surface area is 216 Å². The average Bonchev–Trinajstić information content (AvgIpc) is 3.38. The van der Waals surface area contributed by atoms with E-state index in [1.54, 1.807) is 0 Å². The van der Waals surface area contributed by atoms with Gasteiger partial charge >= 0.3 is 0 Å². The Balaban J connectivity index is 1.28. The quantitative estimate of drug-likeness (QED) is 0.289. The Bertz CT molecular complexity index is 1300. The summed E-state index contributed by atoms with van der Waals surface area (Å²) in [7, 11) is 0. The number of benzene rings is 2. The van der Waals surface area contributed by atoms with Crippen LogP contribution in [0.15, 0.2) is 83.3 Å². The molecule has 0 unspecified atom stereocenters. The summed E-state index contributed by atoms with van der Waals surface area (Å²) >= 11 is 5.53. The van der Waals surface area contributed by atoms with Crippen LogP contribution in [0.25, 0.3) is 11.3 Å². The highest BCUT2D eigenvalue weighted by Crippen LogP contribution is 2.28. The fraction of sp³-hybridized carbons (Fsp3) is 0.250. The van der Waals surface area contributed by atoms with E-state index in [0.29, 0.717) is 35.2 Å². The van der Waals surface area contributed by atoms with Crippen LogP contribution in [0.1, 0.15) is 25.5 Å². The van der Waals surface area contributed by atoms with Crippen LogP contribution < -0.4 is 20.3 Å². The standard InChI is InChI=1S/C28H29N5O2S/c1-20-9-8-16-33(19-20)25-17-26(35-22-12-6-3-7-13-22)31-27(30-25)32-28(36)29-18-23-14-15-24(34-23)21-10-4-2-5-11-21/h2-7,10-15,17,20H,8-9,16,18-19H2,1H3,(H2,29,30,31,32,36)/t20-/m1/s1. The van der Waals surface area contributed by atoms with Gasteiger partial charge in [-0.25, -0.2) is 0 Å². The Morgan fingerprint density at radius 3 is 2.61 bits per heavy atom. The largest absolute Gasteiger partial charge is 0.459 e. The molecule has 36 heavy (non-hydrogen) atoms. The van der Waals surface area contributed by atoms with E-state index in [2.05, 4.69) is 27.4 Å². The Hall–Kier alpha value is -3.91. The van der Waals surface area contributed by atoms with Crippen molar-refractivity contribution in [3.8, 4) is 23.0 Å². The number of nitrogens with zero attached hydrogens (tertiary/aromatic N) is 3. The number of piperidine rings is 1. The van der Waals surface area contributed by atoms with Gasteiger partial charge in [0.2, 0.25) is 11.8 Å². The van der Waals surface area contributed by atoms with Crippen LogP contribution >= 0.6 is 12.2 Å². The maximum absolute atomic E-state index is 6.04. The summed E-state index contributed by atoms with van der Waals surface area (Å²) in [5.74, 6) is 4.61. The van der Waals surface area contributed by atoms with Crippen molar-refractivity contribution >= 4 is 29.1 Å². The molecule has 2 N–H and O–H groups in total. The summed E-state index contributed by atoms with van der Waals surface area (Å²) in [4.78, 5) is 11.6. The van der Waals surface area contributed by atoms with E-state index in [1.165, 1.54) is 6.42 Å². The van der Waals surface area contributed by atoms with Gasteiger partial charge in [0.1, 0.15) is 23.1 Å². The molecule has 2 aromatic heterocycles. The maximum atomic E-state index is 6.04. The summed E-state index contributed by atoms with van der Waals surface area (Å²) in [6.45, 7) is 4.61. The molecule has 1 saturated heterocycles. The lowest BCUT2D eigenvalue weighted by Crippen LogP contribution is -2.35. The molecule has 0 spiro atoms. The number of para-hydroxylation sites is 1. The van der Waals surface area contributed by atoms with Crippen LogP contribution in [0.4, 0.5) is 11.8 Å². The second-order valence-corrected chi connectivity index (χ2v) is 9.34. The molecule has 2 aromatic carbocycles. The molecule has 7 nitrogen and oxygen atoms in total. The molecule has 0 amide bonds.